The molecule has 0 fully saturated rings. The smallest absolute Gasteiger partial charge is 0.545 e. The maximum atomic E-state index is 12.0. The van der Waals surface area contributed by atoms with E-state index in [2.05, 4.69) is 0 Å². The Balaban J connectivity index is 0.00000220. The van der Waals surface area contributed by atoms with E-state index >= 15 is 0 Å². The van der Waals surface area contributed by atoms with Crippen molar-refractivity contribution >= 4 is 12.1 Å². The molecule has 0 radical (unpaired) electrons. The molecule has 1 aliphatic rings. The summed E-state index contributed by atoms with van der Waals surface area (Å²) in [5, 5.41) is 10.8. The summed E-state index contributed by atoms with van der Waals surface area (Å²) in [5.74, 6) is -1.18. The van der Waals surface area contributed by atoms with Crippen molar-refractivity contribution < 1.29 is 70.8 Å². The number of fused-ring (bicyclic) bond motifs is 1. The third-order valence-electron chi connectivity index (χ3n) is 3.11. The van der Waals surface area contributed by atoms with E-state index in [1.54, 1.807) is 17.0 Å². The summed E-state index contributed by atoms with van der Waals surface area (Å²) >= 11 is 0. The molecule has 0 N–H and O–H groups in total. The standard InChI is InChI=1S/C15H19NO4.K/c1-15(2,3)20-14(19)16-7-6-10-8-11(13(17)18)4-5-12(10)9-16;/h4-5,8H,6-7,9H2,1-3H3,(H,17,18);/q;+1/p-1. The second-order valence-corrected chi connectivity index (χ2v) is 5.92. The first-order chi connectivity index (χ1) is 9.26. The number of aromatic carboxylic acids is 1. The molecular formula is C15H18KNO4. The van der Waals surface area contributed by atoms with Gasteiger partial charge in [-0.05, 0) is 49.9 Å². The van der Waals surface area contributed by atoms with Crippen LogP contribution in [0.2, 0.25) is 0 Å². The van der Waals surface area contributed by atoms with Gasteiger partial charge in [-0.15, -0.1) is 0 Å². The van der Waals surface area contributed by atoms with Crippen LogP contribution < -0.4 is 56.5 Å². The predicted molar refractivity (Wildman–Crippen MR) is 71.1 cm³/mol. The largest absolute Gasteiger partial charge is 1.00 e. The van der Waals surface area contributed by atoms with Crippen LogP contribution in [0.25, 0.3) is 0 Å². The Morgan fingerprint density at radius 1 is 1.24 bits per heavy atom. The molecule has 2 rings (SSSR count). The van der Waals surface area contributed by atoms with Crippen molar-refractivity contribution in [1.29, 1.82) is 0 Å². The minimum Gasteiger partial charge on any atom is -0.545 e. The molecule has 0 saturated heterocycles. The summed E-state index contributed by atoms with van der Waals surface area (Å²) < 4.78 is 5.34. The van der Waals surface area contributed by atoms with Gasteiger partial charge >= 0.3 is 57.5 Å². The van der Waals surface area contributed by atoms with Crippen molar-refractivity contribution in [2.24, 2.45) is 0 Å². The molecule has 1 heterocycles. The molecule has 21 heavy (non-hydrogen) atoms. The first-order valence-electron chi connectivity index (χ1n) is 6.57. The van der Waals surface area contributed by atoms with Crippen LogP contribution in [0.15, 0.2) is 18.2 Å². The number of carbonyl (C=O) groups is 2. The Bertz CT molecular complexity index is 551. The molecule has 0 unspecified atom stereocenters. The van der Waals surface area contributed by atoms with E-state index < -0.39 is 11.6 Å². The molecule has 108 valence electrons. The van der Waals surface area contributed by atoms with Gasteiger partial charge in [-0.2, -0.15) is 0 Å². The molecule has 1 aromatic rings. The summed E-state index contributed by atoms with van der Waals surface area (Å²) in [6.07, 6.45) is 0.280. The molecular weight excluding hydrogens is 297 g/mol. The monoisotopic (exact) mass is 315 g/mol. The van der Waals surface area contributed by atoms with Crippen LogP contribution in [-0.4, -0.2) is 29.1 Å². The normalized spacial score (nSPS) is 14.0. The van der Waals surface area contributed by atoms with E-state index in [0.29, 0.717) is 19.5 Å². The second kappa shape index (κ2) is 7.24. The van der Waals surface area contributed by atoms with Gasteiger partial charge in [-0.3, -0.25) is 0 Å². The van der Waals surface area contributed by atoms with Crippen LogP contribution in [-0.2, 0) is 17.7 Å². The van der Waals surface area contributed by atoms with Gasteiger partial charge in [0.25, 0.3) is 0 Å². The van der Waals surface area contributed by atoms with E-state index in [4.69, 9.17) is 4.74 Å². The molecule has 0 spiro atoms. The van der Waals surface area contributed by atoms with E-state index in [9.17, 15) is 14.7 Å². The zero-order valence-corrected chi connectivity index (χ0v) is 16.1. The number of carboxylic acid groups (broad SMARTS) is 1. The summed E-state index contributed by atoms with van der Waals surface area (Å²) in [7, 11) is 0. The third kappa shape index (κ3) is 5.07. The summed E-state index contributed by atoms with van der Waals surface area (Å²) in [6.45, 7) is 6.45. The van der Waals surface area contributed by atoms with E-state index in [-0.39, 0.29) is 63.0 Å². The molecule has 6 heteroatoms. The van der Waals surface area contributed by atoms with Crippen molar-refractivity contribution in [3.8, 4) is 0 Å². The van der Waals surface area contributed by atoms with E-state index in [1.165, 1.54) is 6.07 Å². The fraction of sp³-hybridized carbons (Fsp3) is 0.467. The number of amides is 1. The van der Waals surface area contributed by atoms with Crippen LogP contribution in [0.3, 0.4) is 0 Å². The van der Waals surface area contributed by atoms with Gasteiger partial charge in [-0.25, -0.2) is 4.79 Å². The predicted octanol–water partition coefficient (Wildman–Crippen LogP) is -1.65. The van der Waals surface area contributed by atoms with Crippen molar-refractivity contribution in [3.63, 3.8) is 0 Å². The molecule has 5 nitrogen and oxygen atoms in total. The van der Waals surface area contributed by atoms with Crippen LogP contribution in [0, 0.1) is 0 Å². The number of rotatable bonds is 1. The van der Waals surface area contributed by atoms with Gasteiger partial charge in [0.1, 0.15) is 5.60 Å². The summed E-state index contributed by atoms with van der Waals surface area (Å²) in [6, 6.07) is 4.86. The van der Waals surface area contributed by atoms with Crippen LogP contribution in [0.5, 0.6) is 0 Å². The Labute approximate surface area is 167 Å². The van der Waals surface area contributed by atoms with Gasteiger partial charge in [0.05, 0.1) is 5.97 Å². The molecule has 0 atom stereocenters. The Hall–Kier alpha value is -0.404. The molecule has 1 aromatic carbocycles. The zero-order chi connectivity index (χ0) is 14.9. The van der Waals surface area contributed by atoms with Crippen molar-refractivity contribution in [3.05, 3.63) is 34.9 Å². The number of benzene rings is 1. The van der Waals surface area contributed by atoms with Crippen LogP contribution in [0.1, 0.15) is 42.3 Å². The van der Waals surface area contributed by atoms with Crippen molar-refractivity contribution in [2.45, 2.75) is 39.3 Å². The van der Waals surface area contributed by atoms with Crippen molar-refractivity contribution in [2.75, 3.05) is 6.54 Å². The van der Waals surface area contributed by atoms with E-state index in [1.807, 2.05) is 20.8 Å². The Morgan fingerprint density at radius 3 is 2.48 bits per heavy atom. The minimum absolute atomic E-state index is 0. The first kappa shape index (κ1) is 18.6. The topological polar surface area (TPSA) is 69.7 Å². The first-order valence-corrected chi connectivity index (χ1v) is 6.57. The third-order valence-corrected chi connectivity index (χ3v) is 3.11. The van der Waals surface area contributed by atoms with Crippen molar-refractivity contribution in [1.82, 2.24) is 4.90 Å². The second-order valence-electron chi connectivity index (χ2n) is 5.92. The Kier molecular flexibility index (Phi) is 6.43. The molecule has 1 amide bonds. The number of carbonyl (C=O) groups excluding carboxylic acids is 2. The number of nitrogens with zero attached hydrogens (tertiary/aromatic N) is 1. The van der Waals surface area contributed by atoms with Gasteiger partial charge < -0.3 is 19.5 Å². The summed E-state index contributed by atoms with van der Waals surface area (Å²) in [5.41, 5.74) is 1.56. The Morgan fingerprint density at radius 2 is 1.90 bits per heavy atom. The number of carboxylic acids is 1. The van der Waals surface area contributed by atoms with Gasteiger partial charge in [-0.1, -0.05) is 12.1 Å². The van der Waals surface area contributed by atoms with Gasteiger partial charge in [0.2, 0.25) is 0 Å². The summed E-state index contributed by atoms with van der Waals surface area (Å²) in [4.78, 5) is 24.4. The molecule has 0 aromatic heterocycles. The van der Waals surface area contributed by atoms with Crippen LogP contribution >= 0.6 is 0 Å². The molecule has 1 aliphatic heterocycles. The fourth-order valence-corrected chi connectivity index (χ4v) is 2.16. The fourth-order valence-electron chi connectivity index (χ4n) is 2.16. The SMILES string of the molecule is CC(C)(C)OC(=O)N1CCc2cc(C(=O)[O-])ccc2C1.[K+]. The average Bonchev–Trinajstić information content (AvgIpc) is 2.35. The molecule has 0 saturated carbocycles. The minimum atomic E-state index is -1.18. The quantitative estimate of drug-likeness (QED) is 0.582. The molecule has 0 bridgehead atoms. The zero-order valence-electron chi connectivity index (χ0n) is 12.9. The molecule has 0 aliphatic carbocycles. The van der Waals surface area contributed by atoms with Gasteiger partial charge in [0, 0.05) is 13.1 Å². The average molecular weight is 315 g/mol. The number of ether oxygens (including phenoxy) is 1. The maximum Gasteiger partial charge on any atom is 1.00 e. The van der Waals surface area contributed by atoms with E-state index in [0.717, 1.165) is 11.1 Å². The van der Waals surface area contributed by atoms with Gasteiger partial charge in [0.15, 0.2) is 0 Å². The number of hydrogen-bond donors (Lipinski definition) is 0. The van der Waals surface area contributed by atoms with Crippen LogP contribution in [0.4, 0.5) is 4.79 Å². The maximum absolute atomic E-state index is 12.0. The number of hydrogen-bond acceptors (Lipinski definition) is 4.